The first-order valence-electron chi connectivity index (χ1n) is 8.70. The van der Waals surface area contributed by atoms with E-state index < -0.39 is 36.2 Å². The summed E-state index contributed by atoms with van der Waals surface area (Å²) in [5.74, 6) is -2.18. The molecule has 1 aromatic carbocycles. The molecule has 1 aliphatic carbocycles. The molecule has 1 atom stereocenters. The second-order valence-electron chi connectivity index (χ2n) is 7.42. The fourth-order valence-corrected chi connectivity index (χ4v) is 3.38. The summed E-state index contributed by atoms with van der Waals surface area (Å²) >= 11 is 12.2. The van der Waals surface area contributed by atoms with E-state index >= 15 is 0 Å². The van der Waals surface area contributed by atoms with E-state index in [1.165, 1.54) is 0 Å². The number of carbonyl (C=O) groups is 3. The molecular weight excluding hydrogens is 407 g/mol. The summed E-state index contributed by atoms with van der Waals surface area (Å²) in [6.07, 6.45) is 0.413. The molecule has 1 unspecified atom stereocenters. The number of rotatable bonds is 6. The van der Waals surface area contributed by atoms with E-state index in [4.69, 9.17) is 37.4 Å². The lowest BCUT2D eigenvalue weighted by atomic mass is 10.1. The van der Waals surface area contributed by atoms with Crippen LogP contribution in [0.25, 0.3) is 0 Å². The van der Waals surface area contributed by atoms with E-state index in [0.717, 1.165) is 11.1 Å². The van der Waals surface area contributed by atoms with E-state index in [1.54, 1.807) is 32.9 Å². The van der Waals surface area contributed by atoms with E-state index in [9.17, 15) is 14.4 Å². The van der Waals surface area contributed by atoms with Crippen molar-refractivity contribution in [1.29, 1.82) is 0 Å². The smallest absolute Gasteiger partial charge is 0.344 e. The second kappa shape index (κ2) is 8.97. The maximum atomic E-state index is 12.2. The number of hydrogen-bond donors (Lipinski definition) is 0. The molecule has 0 bridgehead atoms. The third-order valence-corrected chi connectivity index (χ3v) is 4.41. The molecule has 152 valence electrons. The van der Waals surface area contributed by atoms with E-state index in [0.29, 0.717) is 22.9 Å². The van der Waals surface area contributed by atoms with Crippen LogP contribution in [0, 0.1) is 0 Å². The van der Waals surface area contributed by atoms with Crippen LogP contribution in [-0.4, -0.2) is 30.1 Å². The Morgan fingerprint density at radius 2 is 1.86 bits per heavy atom. The van der Waals surface area contributed by atoms with Crippen LogP contribution in [0.3, 0.4) is 0 Å². The number of halogens is 2. The number of carbonyl (C=O) groups excluding carboxylic acids is 3. The van der Waals surface area contributed by atoms with Crippen LogP contribution in [0.2, 0.25) is 10.0 Å². The first-order chi connectivity index (χ1) is 13.0. The topological polar surface area (TPSA) is 78.9 Å². The molecule has 1 aliphatic rings. The summed E-state index contributed by atoms with van der Waals surface area (Å²) < 4.78 is 15.3. The molecule has 8 heteroatoms. The Labute approximate surface area is 173 Å². The maximum Gasteiger partial charge on any atom is 0.344 e. The highest BCUT2D eigenvalue weighted by Gasteiger charge is 2.29. The first-order valence-corrected chi connectivity index (χ1v) is 9.46. The number of fused-ring (bicyclic) bond motifs is 1. The first kappa shape index (κ1) is 22.2. The number of ether oxygens (including phenoxy) is 3. The molecule has 0 heterocycles. The Morgan fingerprint density at radius 1 is 1.18 bits per heavy atom. The normalized spacial score (nSPS) is 15.5. The highest BCUT2D eigenvalue weighted by atomic mass is 35.5. The summed E-state index contributed by atoms with van der Waals surface area (Å²) in [6, 6.07) is 3.37. The van der Waals surface area contributed by atoms with Crippen molar-refractivity contribution in [1.82, 2.24) is 0 Å². The van der Waals surface area contributed by atoms with Gasteiger partial charge in [-0.25, -0.2) is 9.59 Å². The Balaban J connectivity index is 1.85. The minimum atomic E-state index is -0.860. The van der Waals surface area contributed by atoms with E-state index in [-0.39, 0.29) is 12.0 Å². The van der Waals surface area contributed by atoms with Gasteiger partial charge in [-0.3, -0.25) is 4.79 Å². The fourth-order valence-electron chi connectivity index (χ4n) is 2.77. The predicted octanol–water partition coefficient (Wildman–Crippen LogP) is 4.36. The van der Waals surface area contributed by atoms with Gasteiger partial charge in [-0.1, -0.05) is 29.8 Å². The van der Waals surface area contributed by atoms with Crippen molar-refractivity contribution < 1.29 is 28.6 Å². The van der Waals surface area contributed by atoms with Crippen LogP contribution in [0.1, 0.15) is 50.8 Å². The predicted molar refractivity (Wildman–Crippen MR) is 104 cm³/mol. The summed E-state index contributed by atoms with van der Waals surface area (Å²) in [5, 5.41) is 0.998. The molecule has 0 spiro atoms. The van der Waals surface area contributed by atoms with Gasteiger partial charge in [-0.05, 0) is 56.9 Å². The molecule has 0 N–H and O–H groups in total. The van der Waals surface area contributed by atoms with Gasteiger partial charge in [-0.15, -0.1) is 0 Å². The van der Waals surface area contributed by atoms with Crippen LogP contribution in [0.5, 0.6) is 0 Å². The molecule has 28 heavy (non-hydrogen) atoms. The Bertz CT molecular complexity index is 810. The Hall–Kier alpha value is -2.05. The van der Waals surface area contributed by atoms with Gasteiger partial charge in [0.1, 0.15) is 11.7 Å². The second-order valence-corrected chi connectivity index (χ2v) is 8.26. The lowest BCUT2D eigenvalue weighted by Crippen LogP contribution is -2.27. The van der Waals surface area contributed by atoms with Gasteiger partial charge >= 0.3 is 17.9 Å². The molecule has 0 saturated heterocycles. The average molecular weight is 429 g/mol. The van der Waals surface area contributed by atoms with Crippen molar-refractivity contribution in [2.24, 2.45) is 0 Å². The number of esters is 3. The van der Waals surface area contributed by atoms with Gasteiger partial charge in [0, 0.05) is 15.6 Å². The highest BCUT2D eigenvalue weighted by Crippen LogP contribution is 2.40. The van der Waals surface area contributed by atoms with E-state index in [2.05, 4.69) is 6.58 Å². The number of hydrogen-bond acceptors (Lipinski definition) is 6. The van der Waals surface area contributed by atoms with E-state index in [1.807, 2.05) is 0 Å². The molecule has 0 radical (unpaired) electrons. The van der Waals surface area contributed by atoms with Gasteiger partial charge in [0.15, 0.2) is 6.61 Å². The largest absolute Gasteiger partial charge is 0.457 e. The highest BCUT2D eigenvalue weighted by molar-refractivity contribution is 6.35. The van der Waals surface area contributed by atoms with Crippen molar-refractivity contribution >= 4 is 41.1 Å². The molecule has 0 aliphatic heterocycles. The molecular formula is C20H22Cl2O6. The minimum absolute atomic E-state index is 0.115. The third kappa shape index (κ3) is 6.24. The zero-order valence-electron chi connectivity index (χ0n) is 16.0. The number of benzene rings is 1. The van der Waals surface area contributed by atoms with Crippen molar-refractivity contribution in [3.63, 3.8) is 0 Å². The average Bonchev–Trinajstić information content (AvgIpc) is 2.93. The molecule has 0 fully saturated rings. The SMILES string of the molecule is C=C(CC(=O)OC1CCc2c(Cl)cc(Cl)cc21)C(=O)OCC(=O)OC(C)(C)C. The quantitative estimate of drug-likeness (QED) is 0.380. The maximum absolute atomic E-state index is 12.2. The van der Waals surface area contributed by atoms with Crippen molar-refractivity contribution in [3.05, 3.63) is 45.5 Å². The van der Waals surface area contributed by atoms with Gasteiger partial charge in [-0.2, -0.15) is 0 Å². The third-order valence-electron chi connectivity index (χ3n) is 3.86. The summed E-state index contributed by atoms with van der Waals surface area (Å²) in [6.45, 7) is 8.06. The summed E-state index contributed by atoms with van der Waals surface area (Å²) in [4.78, 5) is 35.6. The Kier molecular flexibility index (Phi) is 7.12. The molecule has 0 aromatic heterocycles. The van der Waals surface area contributed by atoms with Crippen LogP contribution in [0.15, 0.2) is 24.3 Å². The summed E-state index contributed by atoms with van der Waals surface area (Å²) in [7, 11) is 0. The molecule has 2 rings (SSSR count). The van der Waals surface area contributed by atoms with Crippen LogP contribution < -0.4 is 0 Å². The molecule has 6 nitrogen and oxygen atoms in total. The van der Waals surface area contributed by atoms with Crippen molar-refractivity contribution in [2.75, 3.05) is 6.61 Å². The molecule has 1 aromatic rings. The fraction of sp³-hybridized carbons (Fsp3) is 0.450. The van der Waals surface area contributed by atoms with Gasteiger partial charge in [0.05, 0.1) is 6.42 Å². The van der Waals surface area contributed by atoms with Gasteiger partial charge in [0.2, 0.25) is 0 Å². The Morgan fingerprint density at radius 3 is 2.50 bits per heavy atom. The lowest BCUT2D eigenvalue weighted by molar-refractivity contribution is -0.165. The van der Waals surface area contributed by atoms with Crippen LogP contribution in [0.4, 0.5) is 0 Å². The van der Waals surface area contributed by atoms with Gasteiger partial charge < -0.3 is 14.2 Å². The minimum Gasteiger partial charge on any atom is -0.457 e. The van der Waals surface area contributed by atoms with Crippen LogP contribution in [-0.2, 0) is 35.0 Å². The standard InChI is InChI=1S/C20H22Cl2O6/c1-11(19(25)26-10-18(24)28-20(2,3)4)7-17(23)27-16-6-5-13-14(16)8-12(21)9-15(13)22/h8-9,16H,1,5-7,10H2,2-4H3. The van der Waals surface area contributed by atoms with Gasteiger partial charge in [0.25, 0.3) is 0 Å². The summed E-state index contributed by atoms with van der Waals surface area (Å²) in [5.41, 5.74) is 0.868. The molecule has 0 saturated carbocycles. The zero-order valence-corrected chi connectivity index (χ0v) is 17.5. The lowest BCUT2D eigenvalue weighted by Gasteiger charge is -2.19. The van der Waals surface area contributed by atoms with Crippen molar-refractivity contribution in [3.8, 4) is 0 Å². The zero-order chi connectivity index (χ0) is 21.1. The van der Waals surface area contributed by atoms with Crippen LogP contribution >= 0.6 is 23.2 Å². The monoisotopic (exact) mass is 428 g/mol. The molecule has 0 amide bonds. The van der Waals surface area contributed by atoms with Crippen molar-refractivity contribution in [2.45, 2.75) is 51.7 Å².